The van der Waals surface area contributed by atoms with Crippen LogP contribution in [0.1, 0.15) is 90.2 Å². The quantitative estimate of drug-likeness (QED) is 0.0967. The fraction of sp³-hybridized carbons (Fsp3) is 0.750. The molecule has 0 aliphatic carbocycles. The Balaban J connectivity index is 0.000000621. The molecule has 0 heterocycles. The van der Waals surface area contributed by atoms with E-state index in [9.17, 15) is 18.2 Å². The van der Waals surface area contributed by atoms with E-state index < -0.39 is 10.1 Å². The maximum atomic E-state index is 10.9. The lowest BCUT2D eigenvalue weighted by Crippen LogP contribution is -2.50. The fourth-order valence-electron chi connectivity index (χ4n) is 3.82. The molecule has 0 atom stereocenters. The van der Waals surface area contributed by atoms with Crippen molar-refractivity contribution < 1.29 is 32.1 Å². The van der Waals surface area contributed by atoms with Gasteiger partial charge < -0.3 is 14.3 Å². The van der Waals surface area contributed by atoms with Crippen LogP contribution in [0.4, 0.5) is 0 Å². The maximum absolute atomic E-state index is 10.9. The largest absolute Gasteiger partial charge is 0.744 e. The molecule has 0 aromatic heterocycles. The third kappa shape index (κ3) is 13.1. The molecule has 0 aliphatic rings. The Morgan fingerprint density at radius 2 is 1.24 bits per heavy atom. The summed E-state index contributed by atoms with van der Waals surface area (Å²) in [5.41, 5.74) is 0.791. The molecule has 0 N–H and O–H groups in total. The summed E-state index contributed by atoms with van der Waals surface area (Å²) in [6.45, 7) is 18.1. The average molecular weight is 507 g/mol. The van der Waals surface area contributed by atoms with Gasteiger partial charge in [0.1, 0.15) is 10.1 Å². The van der Waals surface area contributed by atoms with Crippen LogP contribution >= 0.6 is 12.0 Å². The molecule has 1 rings (SSSR count). The Morgan fingerprint density at radius 1 is 0.818 bits per heavy atom. The highest BCUT2D eigenvalue weighted by Crippen LogP contribution is 2.28. The second-order valence-corrected chi connectivity index (χ2v) is 10.8. The van der Waals surface area contributed by atoms with Gasteiger partial charge >= 0.3 is 0 Å². The third-order valence-corrected chi connectivity index (χ3v) is 7.56. The highest BCUT2D eigenvalue weighted by molar-refractivity contribution is 7.94. The molecule has 7 nitrogen and oxygen atoms in total. The molecule has 0 unspecified atom stereocenters. The van der Waals surface area contributed by atoms with Crippen LogP contribution in [0.2, 0.25) is 0 Å². The molecule has 0 fully saturated rings. The smallest absolute Gasteiger partial charge is 0.124 e. The van der Waals surface area contributed by atoms with Gasteiger partial charge in [0.2, 0.25) is 0 Å². The SMILES string of the molecule is CCCC[N+](CCCC)(CCCC)CCCC.Cc1cc(S(=O)(=O)[O-])c(C)cc1SOO[O-]. The molecule has 1 aromatic carbocycles. The maximum Gasteiger partial charge on any atom is 0.124 e. The van der Waals surface area contributed by atoms with E-state index in [4.69, 9.17) is 0 Å². The summed E-state index contributed by atoms with van der Waals surface area (Å²) >= 11 is 0.649. The highest BCUT2D eigenvalue weighted by Gasteiger charge is 2.24. The summed E-state index contributed by atoms with van der Waals surface area (Å²) in [6.07, 6.45) is 11.1. The van der Waals surface area contributed by atoms with Crippen molar-refractivity contribution in [2.45, 2.75) is 103 Å². The normalized spacial score (nSPS) is 11.9. The Kier molecular flexibility index (Phi) is 17.3. The first-order valence-electron chi connectivity index (χ1n) is 12.2. The van der Waals surface area contributed by atoms with E-state index in [1.165, 1.54) is 101 Å². The number of aryl methyl sites for hydroxylation is 2. The zero-order valence-electron chi connectivity index (χ0n) is 21.4. The van der Waals surface area contributed by atoms with E-state index in [1.807, 2.05) is 0 Å². The summed E-state index contributed by atoms with van der Waals surface area (Å²) in [7, 11) is -4.49. The summed E-state index contributed by atoms with van der Waals surface area (Å²) in [6, 6.07) is 2.66. The number of rotatable bonds is 16. The zero-order valence-corrected chi connectivity index (χ0v) is 23.0. The molecule has 0 bridgehead atoms. The van der Waals surface area contributed by atoms with Gasteiger partial charge in [-0.2, -0.15) is 4.33 Å². The molecule has 33 heavy (non-hydrogen) atoms. The van der Waals surface area contributed by atoms with E-state index in [-0.39, 0.29) is 10.5 Å². The first-order chi connectivity index (χ1) is 15.6. The molecule has 1 aromatic rings. The van der Waals surface area contributed by atoms with Crippen molar-refractivity contribution in [3.8, 4) is 0 Å². The molecular weight excluding hydrogens is 462 g/mol. The van der Waals surface area contributed by atoms with Crippen LogP contribution in [0.5, 0.6) is 0 Å². The van der Waals surface area contributed by atoms with Gasteiger partial charge in [0.25, 0.3) is 0 Å². The number of nitrogens with zero attached hydrogens (tertiary/aromatic N) is 1. The first kappa shape index (κ1) is 32.3. The predicted octanol–water partition coefficient (Wildman–Crippen LogP) is 5.44. The minimum Gasteiger partial charge on any atom is -0.744 e. The number of hydrogen-bond donors (Lipinski definition) is 0. The highest BCUT2D eigenvalue weighted by atomic mass is 32.2. The van der Waals surface area contributed by atoms with Crippen molar-refractivity contribution in [2.24, 2.45) is 0 Å². The van der Waals surface area contributed by atoms with Crippen LogP contribution in [-0.2, 0) is 19.5 Å². The van der Waals surface area contributed by atoms with Crippen LogP contribution in [0.25, 0.3) is 0 Å². The van der Waals surface area contributed by atoms with Crippen LogP contribution in [-0.4, -0.2) is 43.6 Å². The Bertz CT molecular complexity index is 718. The van der Waals surface area contributed by atoms with Gasteiger partial charge in [-0.05, 0) is 62.8 Å². The topological polar surface area (TPSA) is 98.7 Å². The lowest BCUT2D eigenvalue weighted by atomic mass is 10.1. The van der Waals surface area contributed by atoms with Gasteiger partial charge in [-0.15, -0.1) is 0 Å². The van der Waals surface area contributed by atoms with Gasteiger partial charge in [-0.1, -0.05) is 53.4 Å². The zero-order chi connectivity index (χ0) is 25.3. The first-order valence-corrected chi connectivity index (χ1v) is 14.3. The van der Waals surface area contributed by atoms with E-state index in [0.29, 0.717) is 22.5 Å². The van der Waals surface area contributed by atoms with Crippen molar-refractivity contribution >= 4 is 22.2 Å². The van der Waals surface area contributed by atoms with Gasteiger partial charge in [0.05, 0.1) is 43.1 Å². The fourth-order valence-corrected chi connectivity index (χ4v) is 5.11. The lowest BCUT2D eigenvalue weighted by Gasteiger charge is -2.39. The molecule has 0 radical (unpaired) electrons. The third-order valence-electron chi connectivity index (χ3n) is 5.84. The molecule has 0 saturated heterocycles. The van der Waals surface area contributed by atoms with Crippen LogP contribution in [0.3, 0.4) is 0 Å². The van der Waals surface area contributed by atoms with E-state index >= 15 is 0 Å². The second kappa shape index (κ2) is 17.7. The predicted molar refractivity (Wildman–Crippen MR) is 131 cm³/mol. The van der Waals surface area contributed by atoms with E-state index in [1.54, 1.807) is 6.92 Å². The number of hydrogen-bond acceptors (Lipinski definition) is 7. The molecule has 9 heteroatoms. The molecule has 194 valence electrons. The van der Waals surface area contributed by atoms with Gasteiger partial charge in [-0.25, -0.2) is 8.42 Å². The summed E-state index contributed by atoms with van der Waals surface area (Å²) < 4.78 is 38.1. The van der Waals surface area contributed by atoms with Crippen molar-refractivity contribution in [3.05, 3.63) is 23.3 Å². The van der Waals surface area contributed by atoms with Gasteiger partial charge in [0.15, 0.2) is 0 Å². The number of quaternary nitrogens is 1. The minimum atomic E-state index is -4.49. The Morgan fingerprint density at radius 3 is 1.58 bits per heavy atom. The van der Waals surface area contributed by atoms with Crippen LogP contribution in [0, 0.1) is 13.8 Å². The van der Waals surface area contributed by atoms with E-state index in [0.717, 1.165) is 0 Å². The van der Waals surface area contributed by atoms with Crippen molar-refractivity contribution in [1.29, 1.82) is 0 Å². The minimum absolute atomic E-state index is 0.280. The summed E-state index contributed by atoms with van der Waals surface area (Å²) in [5, 5.41) is 12.8. The van der Waals surface area contributed by atoms with Crippen LogP contribution < -0.4 is 5.26 Å². The second-order valence-electron chi connectivity index (χ2n) is 8.71. The van der Waals surface area contributed by atoms with Crippen molar-refractivity contribution in [3.63, 3.8) is 0 Å². The lowest BCUT2D eigenvalue weighted by molar-refractivity contribution is -0.929. The van der Waals surface area contributed by atoms with Gasteiger partial charge in [-0.3, -0.25) is 5.04 Å². The number of benzene rings is 1. The Hall–Kier alpha value is -0.680. The van der Waals surface area contributed by atoms with Crippen molar-refractivity contribution in [2.75, 3.05) is 26.2 Å². The van der Waals surface area contributed by atoms with Crippen LogP contribution in [0.15, 0.2) is 21.9 Å². The van der Waals surface area contributed by atoms with E-state index in [2.05, 4.69) is 37.1 Å². The summed E-state index contributed by atoms with van der Waals surface area (Å²) in [4.78, 5) is 0.221. The molecule has 0 amide bonds. The van der Waals surface area contributed by atoms with Crippen molar-refractivity contribution in [1.82, 2.24) is 0 Å². The molecule has 0 aliphatic heterocycles. The summed E-state index contributed by atoms with van der Waals surface area (Å²) in [5.74, 6) is 0. The molecule has 0 spiro atoms. The Labute approximate surface area is 206 Å². The monoisotopic (exact) mass is 506 g/mol. The van der Waals surface area contributed by atoms with Gasteiger partial charge in [0, 0.05) is 4.90 Å². The molecule has 0 saturated carbocycles. The standard InChI is InChI=1S/C16H36N.C8H10O6S2/c1-5-9-13-17(14-10-6-2,15-11-7-3)16-12-8-4;1-5-4-8(16(10,11)12)6(2)3-7(5)15-14-13-9/h5-16H2,1-4H3;3-4,9H,1-2H3,(H,10,11,12)/q+1;/p-2. The average Bonchev–Trinajstić information content (AvgIpc) is 2.78. The molecular formula is C24H44NO6S2-. The number of unbranched alkanes of at least 4 members (excludes halogenated alkanes) is 4.